The van der Waals surface area contributed by atoms with Crippen LogP contribution >= 0.6 is 11.8 Å². The van der Waals surface area contributed by atoms with Crippen LogP contribution in [-0.4, -0.2) is 21.3 Å². The minimum atomic E-state index is -0.179. The van der Waals surface area contributed by atoms with E-state index in [2.05, 4.69) is 24.0 Å². The lowest BCUT2D eigenvalue weighted by Crippen LogP contribution is -2.27. The molecule has 5 heteroatoms. The quantitative estimate of drug-likeness (QED) is 0.653. The predicted octanol–water partition coefficient (Wildman–Crippen LogP) is 2.97. The summed E-state index contributed by atoms with van der Waals surface area (Å²) < 4.78 is 1.76. The molecule has 1 N–H and O–H groups in total. The smallest absolute Gasteiger partial charge is 0.348 e. The molecule has 0 aliphatic heterocycles. The fourth-order valence-corrected chi connectivity index (χ4v) is 4.22. The summed E-state index contributed by atoms with van der Waals surface area (Å²) in [5, 5.41) is 10.2. The van der Waals surface area contributed by atoms with Crippen LogP contribution in [0.4, 0.5) is 0 Å². The Labute approximate surface area is 140 Å². The Morgan fingerprint density at radius 3 is 2.83 bits per heavy atom. The van der Waals surface area contributed by atoms with Crippen LogP contribution in [0, 0.1) is 0 Å². The molecule has 0 saturated carbocycles. The Morgan fingerprint density at radius 1 is 1.30 bits per heavy atom. The van der Waals surface area contributed by atoms with Crippen LogP contribution in [0.1, 0.15) is 41.8 Å². The number of rotatable bonds is 6. The minimum absolute atomic E-state index is 0.1000. The second kappa shape index (κ2) is 7.32. The third-order valence-electron chi connectivity index (χ3n) is 4.30. The first-order valence-electron chi connectivity index (χ1n) is 8.15. The zero-order chi connectivity index (χ0) is 16.2. The van der Waals surface area contributed by atoms with Crippen molar-refractivity contribution in [2.75, 3.05) is 6.61 Å². The van der Waals surface area contributed by atoms with Crippen LogP contribution in [-0.2, 0) is 19.4 Å². The summed E-state index contributed by atoms with van der Waals surface area (Å²) >= 11 is 1.67. The third-order valence-corrected chi connectivity index (χ3v) is 5.48. The third kappa shape index (κ3) is 3.51. The summed E-state index contributed by atoms with van der Waals surface area (Å²) in [6, 6.07) is 10.3. The molecule has 3 rings (SSSR count). The average Bonchev–Trinajstić information content (AvgIpc) is 3.05. The second-order valence-electron chi connectivity index (χ2n) is 5.88. The van der Waals surface area contributed by atoms with Gasteiger partial charge >= 0.3 is 5.69 Å². The van der Waals surface area contributed by atoms with Crippen LogP contribution in [0.2, 0.25) is 0 Å². The summed E-state index contributed by atoms with van der Waals surface area (Å²) in [4.78, 5) is 16.7. The SMILES string of the molecule is CC(Sc1nc(=O)n(CCCO)c2c1CCC2)c1ccccc1. The van der Waals surface area contributed by atoms with Gasteiger partial charge in [0.1, 0.15) is 5.03 Å². The van der Waals surface area contributed by atoms with Gasteiger partial charge in [0.2, 0.25) is 0 Å². The average molecular weight is 330 g/mol. The molecule has 0 amide bonds. The van der Waals surface area contributed by atoms with Crippen molar-refractivity contribution in [1.82, 2.24) is 9.55 Å². The maximum absolute atomic E-state index is 12.4. The van der Waals surface area contributed by atoms with Gasteiger partial charge in [-0.15, -0.1) is 0 Å². The molecule has 1 aliphatic carbocycles. The molecule has 1 heterocycles. The maximum Gasteiger partial charge on any atom is 0.348 e. The lowest BCUT2D eigenvalue weighted by Gasteiger charge is -2.16. The standard InChI is InChI=1S/C18H22N2O2S/c1-13(14-7-3-2-4-8-14)23-17-15-9-5-10-16(15)20(11-6-12-21)18(22)19-17/h2-4,7-8,13,21H,5-6,9-12H2,1H3. The van der Waals surface area contributed by atoms with Crippen molar-refractivity contribution in [2.24, 2.45) is 0 Å². The van der Waals surface area contributed by atoms with Gasteiger partial charge in [0, 0.05) is 29.7 Å². The van der Waals surface area contributed by atoms with Gasteiger partial charge in [0.05, 0.1) is 0 Å². The number of fused-ring (bicyclic) bond motifs is 1. The number of hydrogen-bond acceptors (Lipinski definition) is 4. The van der Waals surface area contributed by atoms with Gasteiger partial charge in [-0.2, -0.15) is 4.98 Å². The highest BCUT2D eigenvalue weighted by atomic mass is 32.2. The Hall–Kier alpha value is -1.59. The van der Waals surface area contributed by atoms with Crippen molar-refractivity contribution in [1.29, 1.82) is 0 Å². The minimum Gasteiger partial charge on any atom is -0.396 e. The van der Waals surface area contributed by atoms with Crippen LogP contribution < -0.4 is 5.69 Å². The number of aliphatic hydroxyl groups excluding tert-OH is 1. The van der Waals surface area contributed by atoms with E-state index in [-0.39, 0.29) is 17.5 Å². The monoisotopic (exact) mass is 330 g/mol. The molecular weight excluding hydrogens is 308 g/mol. The van der Waals surface area contributed by atoms with Gasteiger partial charge in [-0.3, -0.25) is 4.57 Å². The highest BCUT2D eigenvalue weighted by Crippen LogP contribution is 2.37. The van der Waals surface area contributed by atoms with E-state index in [0.29, 0.717) is 13.0 Å². The van der Waals surface area contributed by atoms with Gasteiger partial charge in [0.15, 0.2) is 0 Å². The van der Waals surface area contributed by atoms with Crippen molar-refractivity contribution in [3.05, 3.63) is 57.6 Å². The topological polar surface area (TPSA) is 55.1 Å². The summed E-state index contributed by atoms with van der Waals surface area (Å²) in [7, 11) is 0. The molecule has 23 heavy (non-hydrogen) atoms. The maximum atomic E-state index is 12.4. The Balaban J connectivity index is 1.90. The largest absolute Gasteiger partial charge is 0.396 e. The van der Waals surface area contributed by atoms with E-state index in [1.54, 1.807) is 16.3 Å². The molecule has 1 aromatic carbocycles. The van der Waals surface area contributed by atoms with E-state index in [0.717, 1.165) is 30.0 Å². The van der Waals surface area contributed by atoms with E-state index in [1.807, 2.05) is 18.2 Å². The molecule has 0 bridgehead atoms. The molecule has 0 radical (unpaired) electrons. The summed E-state index contributed by atoms with van der Waals surface area (Å²) in [5.41, 5.74) is 3.42. The van der Waals surface area contributed by atoms with Crippen LogP contribution in [0.25, 0.3) is 0 Å². The first kappa shape index (κ1) is 16.3. The number of benzene rings is 1. The van der Waals surface area contributed by atoms with Crippen LogP contribution in [0.3, 0.4) is 0 Å². The number of thioether (sulfide) groups is 1. The highest BCUT2D eigenvalue weighted by Gasteiger charge is 2.23. The fraction of sp³-hybridized carbons (Fsp3) is 0.444. The zero-order valence-corrected chi connectivity index (χ0v) is 14.2. The Bertz CT molecular complexity index is 728. The molecule has 1 atom stereocenters. The molecule has 122 valence electrons. The van der Waals surface area contributed by atoms with E-state index < -0.39 is 0 Å². The molecule has 1 unspecified atom stereocenters. The van der Waals surface area contributed by atoms with E-state index in [4.69, 9.17) is 5.11 Å². The van der Waals surface area contributed by atoms with Crippen LogP contribution in [0.5, 0.6) is 0 Å². The number of aliphatic hydroxyl groups is 1. The van der Waals surface area contributed by atoms with E-state index in [9.17, 15) is 4.79 Å². The zero-order valence-electron chi connectivity index (χ0n) is 13.4. The van der Waals surface area contributed by atoms with Crippen molar-refractivity contribution in [3.8, 4) is 0 Å². The molecule has 1 aliphatic rings. The van der Waals surface area contributed by atoms with Gasteiger partial charge in [-0.25, -0.2) is 4.79 Å². The van der Waals surface area contributed by atoms with Crippen LogP contribution in [0.15, 0.2) is 40.2 Å². The molecular formula is C18H22N2O2S. The van der Waals surface area contributed by atoms with Gasteiger partial charge in [-0.05, 0) is 38.2 Å². The summed E-state index contributed by atoms with van der Waals surface area (Å²) in [6.45, 7) is 2.81. The number of nitrogens with zero attached hydrogens (tertiary/aromatic N) is 2. The molecule has 1 aromatic heterocycles. The Kier molecular flexibility index (Phi) is 5.18. The van der Waals surface area contributed by atoms with Crippen molar-refractivity contribution in [2.45, 2.75) is 49.4 Å². The normalized spacial score (nSPS) is 14.7. The van der Waals surface area contributed by atoms with Gasteiger partial charge in [0.25, 0.3) is 0 Å². The summed E-state index contributed by atoms with van der Waals surface area (Å²) in [5.74, 6) is 0. The fourth-order valence-electron chi connectivity index (χ4n) is 3.10. The number of hydrogen-bond donors (Lipinski definition) is 1. The molecule has 2 aromatic rings. The lowest BCUT2D eigenvalue weighted by atomic mass is 10.2. The number of aromatic nitrogens is 2. The van der Waals surface area contributed by atoms with Gasteiger partial charge < -0.3 is 5.11 Å². The van der Waals surface area contributed by atoms with Crippen molar-refractivity contribution < 1.29 is 5.11 Å². The predicted molar refractivity (Wildman–Crippen MR) is 92.9 cm³/mol. The van der Waals surface area contributed by atoms with E-state index in [1.165, 1.54) is 11.1 Å². The van der Waals surface area contributed by atoms with Crippen molar-refractivity contribution >= 4 is 11.8 Å². The highest BCUT2D eigenvalue weighted by molar-refractivity contribution is 7.99. The first-order valence-corrected chi connectivity index (χ1v) is 9.03. The lowest BCUT2D eigenvalue weighted by molar-refractivity contribution is 0.277. The molecule has 0 saturated heterocycles. The van der Waals surface area contributed by atoms with Crippen molar-refractivity contribution in [3.63, 3.8) is 0 Å². The molecule has 0 spiro atoms. The van der Waals surface area contributed by atoms with E-state index >= 15 is 0 Å². The Morgan fingerprint density at radius 2 is 2.09 bits per heavy atom. The molecule has 4 nitrogen and oxygen atoms in total. The summed E-state index contributed by atoms with van der Waals surface area (Å²) in [6.07, 6.45) is 3.60. The molecule has 0 fully saturated rings. The first-order chi connectivity index (χ1) is 11.2. The second-order valence-corrected chi connectivity index (χ2v) is 7.21. The van der Waals surface area contributed by atoms with Gasteiger partial charge in [-0.1, -0.05) is 42.1 Å².